The standard InChI is InChI=1S/C18H20N4O3/c1-10(2)8-22-9-20-17-15(18(22)24)14(12(4)25-17)16(23)21-13-6-5-11(3)7-19-13/h5-7,9-10H,8H2,1-4H3,(H,19,21,23). The number of anilines is 1. The summed E-state index contributed by atoms with van der Waals surface area (Å²) in [5, 5.41) is 2.91. The third-order valence-electron chi connectivity index (χ3n) is 3.80. The number of pyridine rings is 1. The van der Waals surface area contributed by atoms with Gasteiger partial charge in [0.2, 0.25) is 5.71 Å². The zero-order chi connectivity index (χ0) is 18.1. The lowest BCUT2D eigenvalue weighted by atomic mass is 10.1. The van der Waals surface area contributed by atoms with Crippen LogP contribution in [0.3, 0.4) is 0 Å². The molecule has 3 rings (SSSR count). The van der Waals surface area contributed by atoms with Gasteiger partial charge in [0.1, 0.15) is 23.3 Å². The van der Waals surface area contributed by atoms with Gasteiger partial charge in [0.15, 0.2) is 0 Å². The largest absolute Gasteiger partial charge is 0.442 e. The second-order valence-electron chi connectivity index (χ2n) is 6.48. The minimum atomic E-state index is -0.436. The summed E-state index contributed by atoms with van der Waals surface area (Å²) in [6.45, 7) is 8.09. The number of hydrogen-bond acceptors (Lipinski definition) is 5. The van der Waals surface area contributed by atoms with Crippen molar-refractivity contribution in [3.05, 3.63) is 51.9 Å². The lowest BCUT2D eigenvalue weighted by Crippen LogP contribution is -2.24. The smallest absolute Gasteiger partial charge is 0.265 e. The van der Waals surface area contributed by atoms with Gasteiger partial charge in [-0.3, -0.25) is 14.2 Å². The molecule has 1 N–H and O–H groups in total. The number of carbonyl (C=O) groups is 1. The molecule has 0 spiro atoms. The first-order valence-corrected chi connectivity index (χ1v) is 8.09. The fraction of sp³-hybridized carbons (Fsp3) is 0.333. The van der Waals surface area contributed by atoms with Crippen LogP contribution in [0.4, 0.5) is 5.82 Å². The maximum Gasteiger partial charge on any atom is 0.265 e. The maximum absolute atomic E-state index is 12.8. The zero-order valence-electron chi connectivity index (χ0n) is 14.7. The second kappa shape index (κ2) is 6.51. The molecule has 7 nitrogen and oxygen atoms in total. The first-order valence-electron chi connectivity index (χ1n) is 8.09. The average molecular weight is 340 g/mol. The quantitative estimate of drug-likeness (QED) is 0.788. The molecule has 0 fully saturated rings. The van der Waals surface area contributed by atoms with Gasteiger partial charge >= 0.3 is 0 Å². The Labute approximate surface area is 144 Å². The van der Waals surface area contributed by atoms with Crippen molar-refractivity contribution in [3.8, 4) is 0 Å². The molecule has 0 aliphatic rings. The van der Waals surface area contributed by atoms with E-state index in [1.54, 1.807) is 19.2 Å². The van der Waals surface area contributed by atoms with Crippen LogP contribution in [0.2, 0.25) is 0 Å². The number of carbonyl (C=O) groups excluding carboxylic acids is 1. The molecule has 0 saturated heterocycles. The van der Waals surface area contributed by atoms with Crippen molar-refractivity contribution in [2.24, 2.45) is 5.92 Å². The molecule has 0 bridgehead atoms. The number of aromatic nitrogens is 3. The van der Waals surface area contributed by atoms with Gasteiger partial charge in [-0.15, -0.1) is 0 Å². The van der Waals surface area contributed by atoms with Crippen molar-refractivity contribution in [1.29, 1.82) is 0 Å². The van der Waals surface area contributed by atoms with E-state index in [0.29, 0.717) is 18.1 Å². The van der Waals surface area contributed by atoms with E-state index in [1.807, 2.05) is 26.8 Å². The molecule has 1 amide bonds. The molecule has 25 heavy (non-hydrogen) atoms. The van der Waals surface area contributed by atoms with Crippen molar-refractivity contribution >= 4 is 22.8 Å². The highest BCUT2D eigenvalue weighted by Crippen LogP contribution is 2.22. The Morgan fingerprint density at radius 1 is 1.28 bits per heavy atom. The lowest BCUT2D eigenvalue weighted by Gasteiger charge is -2.08. The van der Waals surface area contributed by atoms with Gasteiger partial charge in [-0.25, -0.2) is 9.97 Å². The Hall–Kier alpha value is -2.96. The maximum atomic E-state index is 12.8. The monoisotopic (exact) mass is 340 g/mol. The van der Waals surface area contributed by atoms with E-state index in [0.717, 1.165) is 5.56 Å². The van der Waals surface area contributed by atoms with Crippen LogP contribution in [0.25, 0.3) is 11.1 Å². The number of furan rings is 1. The number of nitrogens with zero attached hydrogens (tertiary/aromatic N) is 3. The molecule has 0 aliphatic carbocycles. The van der Waals surface area contributed by atoms with Crippen molar-refractivity contribution in [3.63, 3.8) is 0 Å². The molecule has 0 aromatic carbocycles. The summed E-state index contributed by atoms with van der Waals surface area (Å²) in [6.07, 6.45) is 3.12. The zero-order valence-corrected chi connectivity index (χ0v) is 14.7. The van der Waals surface area contributed by atoms with E-state index in [9.17, 15) is 9.59 Å². The number of rotatable bonds is 4. The number of aryl methyl sites for hydroxylation is 2. The molecule has 0 unspecified atom stereocenters. The summed E-state index contributed by atoms with van der Waals surface area (Å²) in [4.78, 5) is 33.8. The van der Waals surface area contributed by atoms with Crippen LogP contribution in [0.15, 0.2) is 33.9 Å². The third kappa shape index (κ3) is 3.31. The normalized spacial score (nSPS) is 11.2. The average Bonchev–Trinajstić information content (AvgIpc) is 2.89. The van der Waals surface area contributed by atoms with Gasteiger partial charge in [0.25, 0.3) is 11.5 Å². The Morgan fingerprint density at radius 2 is 2.04 bits per heavy atom. The van der Waals surface area contributed by atoms with Crippen LogP contribution < -0.4 is 10.9 Å². The second-order valence-corrected chi connectivity index (χ2v) is 6.48. The van der Waals surface area contributed by atoms with Crippen LogP contribution in [-0.2, 0) is 6.54 Å². The molecule has 3 aromatic rings. The van der Waals surface area contributed by atoms with E-state index < -0.39 is 5.91 Å². The Balaban J connectivity index is 2.05. The summed E-state index contributed by atoms with van der Waals surface area (Å²) in [5.41, 5.74) is 1.08. The molecule has 130 valence electrons. The van der Waals surface area contributed by atoms with E-state index >= 15 is 0 Å². The highest BCUT2D eigenvalue weighted by atomic mass is 16.3. The van der Waals surface area contributed by atoms with E-state index in [1.165, 1.54) is 10.9 Å². The number of nitrogens with one attached hydrogen (secondary N) is 1. The SMILES string of the molecule is Cc1ccc(NC(=O)c2c(C)oc3ncn(CC(C)C)c(=O)c23)nc1. The predicted molar refractivity (Wildman–Crippen MR) is 94.8 cm³/mol. The molecule has 0 aliphatic heterocycles. The summed E-state index contributed by atoms with van der Waals surface area (Å²) in [6, 6.07) is 3.56. The van der Waals surface area contributed by atoms with Gasteiger partial charge in [0, 0.05) is 12.7 Å². The van der Waals surface area contributed by atoms with Gasteiger partial charge in [0.05, 0.1) is 5.56 Å². The van der Waals surface area contributed by atoms with Gasteiger partial charge < -0.3 is 9.73 Å². The summed E-state index contributed by atoms with van der Waals surface area (Å²) < 4.78 is 7.01. The minimum Gasteiger partial charge on any atom is -0.442 e. The van der Waals surface area contributed by atoms with Gasteiger partial charge in [-0.05, 0) is 31.4 Å². The lowest BCUT2D eigenvalue weighted by molar-refractivity contribution is 0.102. The van der Waals surface area contributed by atoms with E-state index in [4.69, 9.17) is 4.42 Å². The fourth-order valence-corrected chi connectivity index (χ4v) is 2.65. The highest BCUT2D eigenvalue weighted by molar-refractivity contribution is 6.12. The third-order valence-corrected chi connectivity index (χ3v) is 3.80. The predicted octanol–water partition coefficient (Wildman–Crippen LogP) is 2.91. The number of fused-ring (bicyclic) bond motifs is 1. The van der Waals surface area contributed by atoms with Crippen molar-refractivity contribution in [2.75, 3.05) is 5.32 Å². The van der Waals surface area contributed by atoms with Gasteiger partial charge in [-0.2, -0.15) is 0 Å². The summed E-state index contributed by atoms with van der Waals surface area (Å²) >= 11 is 0. The van der Waals surface area contributed by atoms with Crippen LogP contribution in [0, 0.1) is 19.8 Å². The summed E-state index contributed by atoms with van der Waals surface area (Å²) in [5.74, 6) is 0.607. The van der Waals surface area contributed by atoms with Crippen LogP contribution in [0.1, 0.15) is 35.5 Å². The van der Waals surface area contributed by atoms with Crippen LogP contribution >= 0.6 is 0 Å². The van der Waals surface area contributed by atoms with Crippen LogP contribution in [-0.4, -0.2) is 20.4 Å². The molecular weight excluding hydrogens is 320 g/mol. The van der Waals surface area contributed by atoms with Crippen LogP contribution in [0.5, 0.6) is 0 Å². The van der Waals surface area contributed by atoms with Crippen molar-refractivity contribution in [1.82, 2.24) is 14.5 Å². The minimum absolute atomic E-state index is 0.171. The Kier molecular flexibility index (Phi) is 4.39. The van der Waals surface area contributed by atoms with Crippen molar-refractivity contribution in [2.45, 2.75) is 34.2 Å². The number of amides is 1. The first kappa shape index (κ1) is 16.9. The highest BCUT2D eigenvalue weighted by Gasteiger charge is 2.23. The Morgan fingerprint density at radius 3 is 2.68 bits per heavy atom. The van der Waals surface area contributed by atoms with E-state index in [2.05, 4.69) is 15.3 Å². The number of hydrogen-bond donors (Lipinski definition) is 1. The topological polar surface area (TPSA) is 90.0 Å². The Bertz CT molecular complexity index is 984. The molecule has 0 saturated carbocycles. The molecule has 0 radical (unpaired) electrons. The fourth-order valence-electron chi connectivity index (χ4n) is 2.65. The van der Waals surface area contributed by atoms with E-state index in [-0.39, 0.29) is 28.1 Å². The molecular formula is C18H20N4O3. The molecule has 0 atom stereocenters. The molecule has 3 aromatic heterocycles. The van der Waals surface area contributed by atoms with Gasteiger partial charge in [-0.1, -0.05) is 19.9 Å². The molecule has 3 heterocycles. The van der Waals surface area contributed by atoms with Crippen molar-refractivity contribution < 1.29 is 9.21 Å². The summed E-state index contributed by atoms with van der Waals surface area (Å²) in [7, 11) is 0. The first-order chi connectivity index (χ1) is 11.9. The molecule has 7 heteroatoms.